The molecule has 1 aromatic carbocycles. The van der Waals surface area contributed by atoms with Gasteiger partial charge in [0.2, 0.25) is 10.0 Å². The van der Waals surface area contributed by atoms with Gasteiger partial charge >= 0.3 is 0 Å². The second-order valence-electron chi connectivity index (χ2n) is 8.69. The average molecular weight is 463 g/mol. The van der Waals surface area contributed by atoms with Gasteiger partial charge in [-0.25, -0.2) is 13.1 Å². The second kappa shape index (κ2) is 9.58. The van der Waals surface area contributed by atoms with Gasteiger partial charge in [0.25, 0.3) is 0 Å². The third-order valence-corrected chi connectivity index (χ3v) is 9.68. The molecule has 0 spiro atoms. The minimum atomic E-state index is -3.50. The highest BCUT2D eigenvalue weighted by Gasteiger charge is 2.27. The van der Waals surface area contributed by atoms with E-state index in [9.17, 15) is 8.42 Å². The van der Waals surface area contributed by atoms with Crippen LogP contribution in [0.15, 0.2) is 34.5 Å². The molecule has 2 aromatic rings. The SMILES string of the molecule is CCc1ccc(S(=O)(=O)NC[C@@H](c2ccc3c(c2)CCCN3C)N2CCN(C)CC2)s1. The summed E-state index contributed by atoms with van der Waals surface area (Å²) in [4.78, 5) is 8.17. The lowest BCUT2D eigenvalue weighted by atomic mass is 9.95. The van der Waals surface area contributed by atoms with Crippen molar-refractivity contribution >= 4 is 27.0 Å². The van der Waals surface area contributed by atoms with Gasteiger partial charge in [-0.05, 0) is 55.6 Å². The van der Waals surface area contributed by atoms with Crippen molar-refractivity contribution in [3.63, 3.8) is 0 Å². The van der Waals surface area contributed by atoms with Crippen LogP contribution >= 0.6 is 11.3 Å². The summed E-state index contributed by atoms with van der Waals surface area (Å²) in [6.07, 6.45) is 3.11. The summed E-state index contributed by atoms with van der Waals surface area (Å²) in [5.41, 5.74) is 3.89. The number of anilines is 1. The van der Waals surface area contributed by atoms with Crippen LogP contribution in [-0.4, -0.2) is 71.6 Å². The van der Waals surface area contributed by atoms with Crippen LogP contribution in [0.25, 0.3) is 0 Å². The molecule has 0 aliphatic carbocycles. The normalized spacial score (nSPS) is 19.4. The van der Waals surface area contributed by atoms with Gasteiger partial charge in [-0.2, -0.15) is 0 Å². The molecule has 3 heterocycles. The first-order chi connectivity index (χ1) is 14.9. The predicted molar refractivity (Wildman–Crippen MR) is 129 cm³/mol. The highest BCUT2D eigenvalue weighted by atomic mass is 32.2. The van der Waals surface area contributed by atoms with E-state index in [-0.39, 0.29) is 6.04 Å². The minimum absolute atomic E-state index is 0.0339. The molecule has 2 aliphatic heterocycles. The van der Waals surface area contributed by atoms with Crippen LogP contribution in [0.2, 0.25) is 0 Å². The summed E-state index contributed by atoms with van der Waals surface area (Å²) in [7, 11) is 0.788. The lowest BCUT2D eigenvalue weighted by molar-refractivity contribution is 0.113. The Labute approximate surface area is 190 Å². The number of aryl methyl sites for hydroxylation is 2. The molecule has 1 N–H and O–H groups in total. The van der Waals surface area contributed by atoms with E-state index in [0.717, 1.165) is 56.9 Å². The van der Waals surface area contributed by atoms with E-state index >= 15 is 0 Å². The fourth-order valence-electron chi connectivity index (χ4n) is 4.56. The molecular formula is C23H34N4O2S2. The third-order valence-electron chi connectivity index (χ3n) is 6.53. The van der Waals surface area contributed by atoms with E-state index in [1.165, 1.54) is 28.2 Å². The van der Waals surface area contributed by atoms with Crippen molar-refractivity contribution < 1.29 is 8.42 Å². The fourth-order valence-corrected chi connectivity index (χ4v) is 6.93. The van der Waals surface area contributed by atoms with E-state index in [1.807, 2.05) is 13.0 Å². The van der Waals surface area contributed by atoms with Gasteiger partial charge in [0.15, 0.2) is 0 Å². The number of thiophene rings is 1. The number of nitrogens with zero attached hydrogens (tertiary/aromatic N) is 3. The van der Waals surface area contributed by atoms with Gasteiger partial charge in [-0.3, -0.25) is 4.90 Å². The maximum atomic E-state index is 13.0. The molecule has 31 heavy (non-hydrogen) atoms. The maximum absolute atomic E-state index is 13.0. The first-order valence-electron chi connectivity index (χ1n) is 11.2. The Balaban J connectivity index is 1.57. The Kier molecular flexibility index (Phi) is 7.03. The van der Waals surface area contributed by atoms with Gasteiger partial charge < -0.3 is 9.80 Å². The van der Waals surface area contributed by atoms with E-state index in [4.69, 9.17) is 0 Å². The van der Waals surface area contributed by atoms with Crippen molar-refractivity contribution in [1.29, 1.82) is 0 Å². The number of likely N-dealkylation sites (N-methyl/N-ethyl adjacent to an activating group) is 1. The standard InChI is InChI=1S/C23H34N4O2S2/c1-4-20-8-10-23(30-20)31(28,29)24-17-22(27-14-12-25(2)13-15-27)19-7-9-21-18(16-19)6-5-11-26(21)3/h7-10,16,22,24H,4-6,11-15,17H2,1-3H3/t22-/m0/s1. The number of benzene rings is 1. The molecule has 1 fully saturated rings. The van der Waals surface area contributed by atoms with Crippen molar-refractivity contribution in [1.82, 2.24) is 14.5 Å². The van der Waals surface area contributed by atoms with Gasteiger partial charge in [-0.15, -0.1) is 11.3 Å². The topological polar surface area (TPSA) is 55.9 Å². The zero-order chi connectivity index (χ0) is 22.0. The minimum Gasteiger partial charge on any atom is -0.374 e. The first-order valence-corrected chi connectivity index (χ1v) is 13.5. The zero-order valence-corrected chi connectivity index (χ0v) is 20.4. The molecule has 0 radical (unpaired) electrons. The zero-order valence-electron chi connectivity index (χ0n) is 18.8. The number of rotatable bonds is 7. The molecule has 0 bridgehead atoms. The van der Waals surface area contributed by atoms with Crippen LogP contribution in [-0.2, 0) is 22.9 Å². The van der Waals surface area contributed by atoms with Crippen molar-refractivity contribution in [3.05, 3.63) is 46.3 Å². The van der Waals surface area contributed by atoms with Crippen molar-refractivity contribution in [2.24, 2.45) is 0 Å². The molecule has 0 unspecified atom stereocenters. The van der Waals surface area contributed by atoms with Crippen LogP contribution < -0.4 is 9.62 Å². The van der Waals surface area contributed by atoms with Crippen LogP contribution in [0, 0.1) is 0 Å². The lowest BCUT2D eigenvalue weighted by Gasteiger charge is -2.39. The highest BCUT2D eigenvalue weighted by molar-refractivity contribution is 7.91. The smallest absolute Gasteiger partial charge is 0.250 e. The van der Waals surface area contributed by atoms with E-state index in [0.29, 0.717) is 10.8 Å². The molecule has 1 aromatic heterocycles. The molecular weight excluding hydrogens is 428 g/mol. The third kappa shape index (κ3) is 5.14. The van der Waals surface area contributed by atoms with Crippen LogP contribution in [0.3, 0.4) is 0 Å². The van der Waals surface area contributed by atoms with E-state index in [1.54, 1.807) is 6.07 Å². The van der Waals surface area contributed by atoms with Gasteiger partial charge in [0, 0.05) is 62.9 Å². The summed E-state index contributed by atoms with van der Waals surface area (Å²) < 4.78 is 29.3. The Morgan fingerprint density at radius 3 is 2.55 bits per heavy atom. The number of nitrogens with one attached hydrogen (secondary N) is 1. The number of hydrogen-bond acceptors (Lipinski definition) is 6. The van der Waals surface area contributed by atoms with E-state index in [2.05, 4.69) is 51.7 Å². The maximum Gasteiger partial charge on any atom is 0.250 e. The van der Waals surface area contributed by atoms with Crippen molar-refractivity contribution in [2.75, 3.05) is 58.3 Å². The summed E-state index contributed by atoms with van der Waals surface area (Å²) in [6, 6.07) is 10.4. The van der Waals surface area contributed by atoms with Gasteiger partial charge in [0.1, 0.15) is 4.21 Å². The van der Waals surface area contributed by atoms with E-state index < -0.39 is 10.0 Å². The lowest BCUT2D eigenvalue weighted by Crippen LogP contribution is -2.48. The van der Waals surface area contributed by atoms with Crippen LogP contribution in [0.5, 0.6) is 0 Å². The largest absolute Gasteiger partial charge is 0.374 e. The molecule has 0 amide bonds. The molecule has 1 saturated heterocycles. The average Bonchev–Trinajstić information content (AvgIpc) is 3.26. The number of sulfonamides is 1. The summed E-state index contributed by atoms with van der Waals surface area (Å²) in [6.45, 7) is 7.42. The number of piperazine rings is 1. The van der Waals surface area contributed by atoms with Gasteiger partial charge in [0.05, 0.1) is 0 Å². The van der Waals surface area contributed by atoms with Gasteiger partial charge in [-0.1, -0.05) is 19.1 Å². The summed E-state index contributed by atoms with van der Waals surface area (Å²) >= 11 is 1.37. The summed E-state index contributed by atoms with van der Waals surface area (Å²) in [5.74, 6) is 0. The molecule has 0 saturated carbocycles. The molecule has 2 aliphatic rings. The van der Waals surface area contributed by atoms with Crippen LogP contribution in [0.1, 0.15) is 35.4 Å². The molecule has 170 valence electrons. The Hall–Kier alpha value is -1.45. The number of hydrogen-bond donors (Lipinski definition) is 1. The number of fused-ring (bicyclic) bond motifs is 1. The molecule has 4 rings (SSSR count). The van der Waals surface area contributed by atoms with Crippen molar-refractivity contribution in [2.45, 2.75) is 36.4 Å². The Bertz CT molecular complexity index is 997. The Morgan fingerprint density at radius 1 is 1.06 bits per heavy atom. The summed E-state index contributed by atoms with van der Waals surface area (Å²) in [5, 5.41) is 0. The second-order valence-corrected chi connectivity index (χ2v) is 11.9. The van der Waals surface area contributed by atoms with Crippen molar-refractivity contribution in [3.8, 4) is 0 Å². The first kappa shape index (κ1) is 22.7. The molecule has 6 nitrogen and oxygen atoms in total. The van der Waals surface area contributed by atoms with Crippen LogP contribution in [0.4, 0.5) is 5.69 Å². The Morgan fingerprint density at radius 2 is 1.84 bits per heavy atom. The molecule has 8 heteroatoms. The predicted octanol–water partition coefficient (Wildman–Crippen LogP) is 2.96. The monoisotopic (exact) mass is 462 g/mol. The fraction of sp³-hybridized carbons (Fsp3) is 0.565. The quantitative estimate of drug-likeness (QED) is 0.686. The molecule has 1 atom stereocenters. The highest BCUT2D eigenvalue weighted by Crippen LogP contribution is 2.31.